The van der Waals surface area contributed by atoms with Crippen LogP contribution in [-0.2, 0) is 9.59 Å². The van der Waals surface area contributed by atoms with E-state index in [1.807, 2.05) is 6.07 Å². The smallest absolute Gasteiger partial charge is 0.258 e. The Balaban J connectivity index is 1.80. The third-order valence-electron chi connectivity index (χ3n) is 3.78. The summed E-state index contributed by atoms with van der Waals surface area (Å²) < 4.78 is 16.7. The molecule has 144 valence electrons. The number of fused-ring (bicyclic) bond motifs is 1. The van der Waals surface area contributed by atoms with Crippen molar-refractivity contribution in [2.75, 3.05) is 13.2 Å². The molecule has 3 aromatic rings. The van der Waals surface area contributed by atoms with E-state index in [1.165, 1.54) is 12.1 Å². The Hall–Kier alpha value is -3.81. The third kappa shape index (κ3) is 4.47. The van der Waals surface area contributed by atoms with Crippen LogP contribution in [-0.4, -0.2) is 25.0 Å². The van der Waals surface area contributed by atoms with E-state index in [2.05, 4.69) is 5.32 Å². The standard InChI is InChI=1S/C20H18N2O6/c1-12-20(28-13-5-3-2-4-6-13)19(25)15-8-7-14(9-16(15)27-12)26-11-18(24)22-10-17(21)23/h2-9H,10-11H2,1H3,(H2,21,23)(H,22,24). The van der Waals surface area contributed by atoms with Crippen molar-refractivity contribution in [2.24, 2.45) is 5.73 Å². The molecule has 0 bridgehead atoms. The molecule has 2 amide bonds. The number of para-hydroxylation sites is 1. The number of amides is 2. The van der Waals surface area contributed by atoms with E-state index in [-0.39, 0.29) is 24.3 Å². The van der Waals surface area contributed by atoms with Gasteiger partial charge < -0.3 is 24.9 Å². The molecule has 0 aliphatic heterocycles. The second-order valence-corrected chi connectivity index (χ2v) is 5.92. The minimum Gasteiger partial charge on any atom is -0.484 e. The van der Waals surface area contributed by atoms with Crippen molar-refractivity contribution in [3.8, 4) is 17.2 Å². The number of hydrogen-bond donors (Lipinski definition) is 2. The molecule has 0 spiro atoms. The van der Waals surface area contributed by atoms with Gasteiger partial charge in [0, 0.05) is 6.07 Å². The van der Waals surface area contributed by atoms with Gasteiger partial charge in [0.2, 0.25) is 17.1 Å². The molecule has 1 aromatic heterocycles. The minimum absolute atomic E-state index is 0.109. The number of aryl methyl sites for hydroxylation is 1. The van der Waals surface area contributed by atoms with Gasteiger partial charge in [-0.2, -0.15) is 0 Å². The molecule has 0 saturated heterocycles. The predicted octanol–water partition coefficient (Wildman–Crippen LogP) is 1.87. The highest BCUT2D eigenvalue weighted by atomic mass is 16.5. The van der Waals surface area contributed by atoms with Crippen molar-refractivity contribution >= 4 is 22.8 Å². The summed E-state index contributed by atoms with van der Waals surface area (Å²) in [6.07, 6.45) is 0. The molecule has 1 heterocycles. The number of benzene rings is 2. The number of hydrogen-bond acceptors (Lipinski definition) is 6. The average molecular weight is 382 g/mol. The first-order chi connectivity index (χ1) is 13.4. The normalized spacial score (nSPS) is 10.5. The van der Waals surface area contributed by atoms with Gasteiger partial charge in [-0.1, -0.05) is 18.2 Å². The Bertz CT molecular complexity index is 1080. The highest BCUT2D eigenvalue weighted by Gasteiger charge is 2.15. The molecule has 0 aliphatic rings. The molecule has 3 N–H and O–H groups in total. The van der Waals surface area contributed by atoms with Crippen LogP contribution in [0.5, 0.6) is 17.2 Å². The van der Waals surface area contributed by atoms with Gasteiger partial charge in [0.1, 0.15) is 22.8 Å². The molecular weight excluding hydrogens is 364 g/mol. The van der Waals surface area contributed by atoms with Crippen LogP contribution in [0.4, 0.5) is 0 Å². The van der Waals surface area contributed by atoms with Crippen LogP contribution in [0.2, 0.25) is 0 Å². The summed E-state index contributed by atoms with van der Waals surface area (Å²) in [6, 6.07) is 13.5. The maximum absolute atomic E-state index is 12.7. The summed E-state index contributed by atoms with van der Waals surface area (Å²) in [4.78, 5) is 35.0. The van der Waals surface area contributed by atoms with Gasteiger partial charge in [0.25, 0.3) is 5.91 Å². The van der Waals surface area contributed by atoms with Gasteiger partial charge in [-0.25, -0.2) is 0 Å². The molecule has 0 aliphatic carbocycles. The van der Waals surface area contributed by atoms with Crippen molar-refractivity contribution in [3.63, 3.8) is 0 Å². The first-order valence-electron chi connectivity index (χ1n) is 8.42. The van der Waals surface area contributed by atoms with Gasteiger partial charge in [0.15, 0.2) is 6.61 Å². The fraction of sp³-hybridized carbons (Fsp3) is 0.150. The van der Waals surface area contributed by atoms with Gasteiger partial charge in [0.05, 0.1) is 11.9 Å². The van der Waals surface area contributed by atoms with Crippen molar-refractivity contribution in [3.05, 3.63) is 64.5 Å². The third-order valence-corrected chi connectivity index (χ3v) is 3.78. The molecule has 0 atom stereocenters. The van der Waals surface area contributed by atoms with E-state index in [0.717, 1.165) is 0 Å². The number of carbonyl (C=O) groups excluding carboxylic acids is 2. The fourth-order valence-corrected chi connectivity index (χ4v) is 2.47. The lowest BCUT2D eigenvalue weighted by Gasteiger charge is -2.10. The summed E-state index contributed by atoms with van der Waals surface area (Å²) in [6.45, 7) is 1.05. The van der Waals surface area contributed by atoms with E-state index >= 15 is 0 Å². The zero-order chi connectivity index (χ0) is 20.1. The maximum Gasteiger partial charge on any atom is 0.258 e. The largest absolute Gasteiger partial charge is 0.484 e. The highest BCUT2D eigenvalue weighted by molar-refractivity contribution is 5.84. The molecule has 0 unspecified atom stereocenters. The van der Waals surface area contributed by atoms with Crippen LogP contribution in [0, 0.1) is 6.92 Å². The van der Waals surface area contributed by atoms with E-state index in [4.69, 9.17) is 19.6 Å². The van der Waals surface area contributed by atoms with Gasteiger partial charge >= 0.3 is 0 Å². The molecular formula is C20H18N2O6. The minimum atomic E-state index is -0.648. The van der Waals surface area contributed by atoms with E-state index < -0.39 is 11.8 Å². The summed E-state index contributed by atoms with van der Waals surface area (Å²) in [5.74, 6) is 0.143. The summed E-state index contributed by atoms with van der Waals surface area (Å²) in [5, 5.41) is 2.63. The monoisotopic (exact) mass is 382 g/mol. The number of ether oxygens (including phenoxy) is 2. The summed E-state index contributed by atoms with van der Waals surface area (Å²) >= 11 is 0. The van der Waals surface area contributed by atoms with Crippen molar-refractivity contribution < 1.29 is 23.5 Å². The van der Waals surface area contributed by atoms with Crippen LogP contribution < -0.4 is 26.0 Å². The Kier molecular flexibility index (Phi) is 5.59. The molecule has 0 radical (unpaired) electrons. The summed E-state index contributed by atoms with van der Waals surface area (Å²) in [7, 11) is 0. The molecule has 2 aromatic carbocycles. The van der Waals surface area contributed by atoms with Gasteiger partial charge in [-0.3, -0.25) is 14.4 Å². The van der Waals surface area contributed by atoms with Gasteiger partial charge in [-0.15, -0.1) is 0 Å². The Morgan fingerprint density at radius 3 is 2.57 bits per heavy atom. The molecule has 28 heavy (non-hydrogen) atoms. The van der Waals surface area contributed by atoms with E-state index in [9.17, 15) is 14.4 Å². The zero-order valence-corrected chi connectivity index (χ0v) is 15.1. The molecule has 0 saturated carbocycles. The van der Waals surface area contributed by atoms with Gasteiger partial charge in [-0.05, 0) is 31.2 Å². The second kappa shape index (κ2) is 8.26. The SMILES string of the molecule is Cc1oc2cc(OCC(=O)NCC(N)=O)ccc2c(=O)c1Oc1ccccc1. The first-order valence-corrected chi connectivity index (χ1v) is 8.42. The van der Waals surface area contributed by atoms with Crippen LogP contribution in [0.15, 0.2) is 57.7 Å². The van der Waals surface area contributed by atoms with E-state index in [0.29, 0.717) is 28.2 Å². The Labute approximate surface area is 159 Å². The quantitative estimate of drug-likeness (QED) is 0.643. The lowest BCUT2D eigenvalue weighted by atomic mass is 10.2. The number of nitrogens with one attached hydrogen (secondary N) is 1. The van der Waals surface area contributed by atoms with Crippen molar-refractivity contribution in [2.45, 2.75) is 6.92 Å². The molecule has 3 rings (SSSR count). The number of rotatable bonds is 7. The van der Waals surface area contributed by atoms with Crippen LogP contribution >= 0.6 is 0 Å². The van der Waals surface area contributed by atoms with Crippen LogP contribution in [0.3, 0.4) is 0 Å². The number of carbonyl (C=O) groups is 2. The molecule has 0 fully saturated rings. The predicted molar refractivity (Wildman–Crippen MR) is 101 cm³/mol. The second-order valence-electron chi connectivity index (χ2n) is 5.92. The number of nitrogens with two attached hydrogens (primary N) is 1. The molecule has 8 heteroatoms. The van der Waals surface area contributed by atoms with Crippen LogP contribution in [0.1, 0.15) is 5.76 Å². The Morgan fingerprint density at radius 2 is 1.86 bits per heavy atom. The van der Waals surface area contributed by atoms with Crippen LogP contribution in [0.25, 0.3) is 11.0 Å². The van der Waals surface area contributed by atoms with E-state index in [1.54, 1.807) is 37.3 Å². The lowest BCUT2D eigenvalue weighted by molar-refractivity contribution is -0.126. The average Bonchev–Trinajstić information content (AvgIpc) is 2.68. The Morgan fingerprint density at radius 1 is 1.11 bits per heavy atom. The topological polar surface area (TPSA) is 121 Å². The number of primary amides is 1. The first kappa shape index (κ1) is 19.0. The maximum atomic E-state index is 12.7. The molecule has 8 nitrogen and oxygen atoms in total. The lowest BCUT2D eigenvalue weighted by Crippen LogP contribution is -2.36. The zero-order valence-electron chi connectivity index (χ0n) is 15.1. The van der Waals surface area contributed by atoms with Crippen molar-refractivity contribution in [1.29, 1.82) is 0 Å². The summed E-state index contributed by atoms with van der Waals surface area (Å²) in [5.41, 5.74) is 4.94. The fourth-order valence-electron chi connectivity index (χ4n) is 2.47. The van der Waals surface area contributed by atoms with Crippen molar-refractivity contribution in [1.82, 2.24) is 5.32 Å². The highest BCUT2D eigenvalue weighted by Crippen LogP contribution is 2.27.